The fourth-order valence-electron chi connectivity index (χ4n) is 2.01. The van der Waals surface area contributed by atoms with E-state index in [1.165, 1.54) is 0 Å². The van der Waals surface area contributed by atoms with Crippen LogP contribution < -0.4 is 10.6 Å². The molecule has 0 aromatic heterocycles. The number of urea groups is 1. The summed E-state index contributed by atoms with van der Waals surface area (Å²) in [7, 11) is 0. The van der Waals surface area contributed by atoms with Crippen LogP contribution in [0.4, 0.5) is 4.79 Å². The number of ether oxygens (including phenoxy) is 1. The first-order valence-electron chi connectivity index (χ1n) is 7.17. The molecule has 0 aromatic carbocycles. The van der Waals surface area contributed by atoms with Crippen LogP contribution in [0.15, 0.2) is 0 Å². The van der Waals surface area contributed by atoms with Gasteiger partial charge in [0.05, 0.1) is 13.2 Å². The third-order valence-corrected chi connectivity index (χ3v) is 3.17. The molecule has 0 saturated carbocycles. The lowest BCUT2D eigenvalue weighted by molar-refractivity contribution is -0.139. The largest absolute Gasteiger partial charge is 0.480 e. The summed E-state index contributed by atoms with van der Waals surface area (Å²) in [4.78, 5) is 36.0. The zero-order chi connectivity index (χ0) is 15.7. The van der Waals surface area contributed by atoms with Crippen molar-refractivity contribution in [3.63, 3.8) is 0 Å². The quantitative estimate of drug-likeness (QED) is 0.603. The van der Waals surface area contributed by atoms with Gasteiger partial charge in [0.15, 0.2) is 0 Å². The standard InChI is InChI=1S/C13H23N3O5/c1-2-3-10(12(18)19)15-13(20)14-5-4-11(17)16-6-8-21-9-7-16/h10H,2-9H2,1H3,(H,18,19)(H2,14,15,20)/t10-/m0/s1. The molecule has 0 unspecified atom stereocenters. The molecular formula is C13H23N3O5. The molecule has 1 aliphatic heterocycles. The van der Waals surface area contributed by atoms with E-state index < -0.39 is 18.0 Å². The molecule has 0 radical (unpaired) electrons. The smallest absolute Gasteiger partial charge is 0.326 e. The number of rotatable bonds is 7. The molecule has 21 heavy (non-hydrogen) atoms. The molecular weight excluding hydrogens is 278 g/mol. The van der Waals surface area contributed by atoms with E-state index in [2.05, 4.69) is 10.6 Å². The molecule has 0 bridgehead atoms. The predicted octanol–water partition coefficient (Wildman–Crippen LogP) is -0.212. The van der Waals surface area contributed by atoms with Crippen LogP contribution in [0.5, 0.6) is 0 Å². The molecule has 1 heterocycles. The van der Waals surface area contributed by atoms with E-state index in [9.17, 15) is 14.4 Å². The maximum Gasteiger partial charge on any atom is 0.326 e. The number of hydrogen-bond acceptors (Lipinski definition) is 4. The zero-order valence-corrected chi connectivity index (χ0v) is 12.3. The monoisotopic (exact) mass is 301 g/mol. The van der Waals surface area contributed by atoms with Gasteiger partial charge in [-0.15, -0.1) is 0 Å². The molecule has 120 valence electrons. The molecule has 8 nitrogen and oxygen atoms in total. The van der Waals surface area contributed by atoms with Gasteiger partial charge in [-0.25, -0.2) is 9.59 Å². The lowest BCUT2D eigenvalue weighted by atomic mass is 10.2. The average molecular weight is 301 g/mol. The lowest BCUT2D eigenvalue weighted by Crippen LogP contribution is -2.47. The lowest BCUT2D eigenvalue weighted by Gasteiger charge is -2.26. The summed E-state index contributed by atoms with van der Waals surface area (Å²) in [6.45, 7) is 4.25. The van der Waals surface area contributed by atoms with Gasteiger partial charge in [-0.1, -0.05) is 13.3 Å². The number of morpholine rings is 1. The topological polar surface area (TPSA) is 108 Å². The van der Waals surface area contributed by atoms with Gasteiger partial charge in [-0.3, -0.25) is 4.79 Å². The number of carboxylic acids is 1. The average Bonchev–Trinajstić information content (AvgIpc) is 2.47. The molecule has 1 rings (SSSR count). The molecule has 1 aliphatic rings. The Hall–Kier alpha value is -1.83. The predicted molar refractivity (Wildman–Crippen MR) is 74.9 cm³/mol. The second kappa shape index (κ2) is 9.17. The number of amides is 3. The van der Waals surface area contributed by atoms with E-state index in [1.807, 2.05) is 6.92 Å². The van der Waals surface area contributed by atoms with Gasteiger partial charge < -0.3 is 25.4 Å². The van der Waals surface area contributed by atoms with Crippen molar-refractivity contribution in [3.05, 3.63) is 0 Å². The van der Waals surface area contributed by atoms with Crippen LogP contribution in [0.3, 0.4) is 0 Å². The minimum absolute atomic E-state index is 0.0399. The molecule has 1 atom stereocenters. The Morgan fingerprint density at radius 2 is 1.95 bits per heavy atom. The summed E-state index contributed by atoms with van der Waals surface area (Å²) in [5.41, 5.74) is 0. The first kappa shape index (κ1) is 17.2. The SMILES string of the molecule is CCC[C@H](NC(=O)NCCC(=O)N1CCOCC1)C(=O)O. The number of hydrogen-bond donors (Lipinski definition) is 3. The molecule has 1 saturated heterocycles. The van der Waals surface area contributed by atoms with Gasteiger partial charge in [0.1, 0.15) is 6.04 Å². The molecule has 3 N–H and O–H groups in total. The molecule has 8 heteroatoms. The minimum Gasteiger partial charge on any atom is -0.480 e. The molecule has 0 spiro atoms. The van der Waals surface area contributed by atoms with Crippen molar-refractivity contribution in [2.75, 3.05) is 32.8 Å². The number of carboxylic acid groups (broad SMARTS) is 1. The van der Waals surface area contributed by atoms with Crippen LogP contribution in [-0.4, -0.2) is 66.8 Å². The van der Waals surface area contributed by atoms with Gasteiger partial charge in [-0.05, 0) is 6.42 Å². The zero-order valence-electron chi connectivity index (χ0n) is 12.3. The first-order valence-corrected chi connectivity index (χ1v) is 7.17. The van der Waals surface area contributed by atoms with Crippen molar-refractivity contribution >= 4 is 17.9 Å². The number of aliphatic carboxylic acids is 1. The van der Waals surface area contributed by atoms with Crippen molar-refractivity contribution in [2.24, 2.45) is 0 Å². The van der Waals surface area contributed by atoms with Crippen LogP contribution >= 0.6 is 0 Å². The van der Waals surface area contributed by atoms with Crippen LogP contribution in [0.1, 0.15) is 26.2 Å². The van der Waals surface area contributed by atoms with E-state index >= 15 is 0 Å². The number of nitrogens with one attached hydrogen (secondary N) is 2. The van der Waals surface area contributed by atoms with Gasteiger partial charge in [0.25, 0.3) is 0 Å². The van der Waals surface area contributed by atoms with Gasteiger partial charge in [0.2, 0.25) is 5.91 Å². The number of nitrogens with zero attached hydrogens (tertiary/aromatic N) is 1. The molecule has 0 aromatic rings. The molecule has 1 fully saturated rings. The van der Waals surface area contributed by atoms with Crippen molar-refractivity contribution in [3.8, 4) is 0 Å². The van der Waals surface area contributed by atoms with Crippen molar-refractivity contribution in [1.82, 2.24) is 15.5 Å². The summed E-state index contributed by atoms with van der Waals surface area (Å²) < 4.78 is 5.15. The van der Waals surface area contributed by atoms with Crippen molar-refractivity contribution < 1.29 is 24.2 Å². The third kappa shape index (κ3) is 6.44. The van der Waals surface area contributed by atoms with Gasteiger partial charge >= 0.3 is 12.0 Å². The second-order valence-corrected chi connectivity index (χ2v) is 4.82. The van der Waals surface area contributed by atoms with Crippen LogP contribution in [0, 0.1) is 0 Å². The van der Waals surface area contributed by atoms with E-state index in [-0.39, 0.29) is 18.9 Å². The highest BCUT2D eigenvalue weighted by atomic mass is 16.5. The number of carbonyl (C=O) groups is 3. The molecule has 0 aliphatic carbocycles. The van der Waals surface area contributed by atoms with Crippen LogP contribution in [0.25, 0.3) is 0 Å². The second-order valence-electron chi connectivity index (χ2n) is 4.82. The summed E-state index contributed by atoms with van der Waals surface area (Å²) in [6, 6.07) is -1.46. The van der Waals surface area contributed by atoms with Gasteiger partial charge in [0, 0.05) is 26.1 Å². The summed E-state index contributed by atoms with van der Waals surface area (Å²) >= 11 is 0. The minimum atomic E-state index is -1.06. The highest BCUT2D eigenvalue weighted by Gasteiger charge is 2.19. The van der Waals surface area contributed by atoms with E-state index in [4.69, 9.17) is 9.84 Å². The summed E-state index contributed by atoms with van der Waals surface area (Å²) in [5, 5.41) is 13.8. The Bertz CT molecular complexity index is 369. The Labute approximate surface area is 123 Å². The first-order chi connectivity index (χ1) is 10.0. The Morgan fingerprint density at radius 3 is 2.52 bits per heavy atom. The maximum absolute atomic E-state index is 11.8. The van der Waals surface area contributed by atoms with Crippen molar-refractivity contribution in [1.29, 1.82) is 0 Å². The van der Waals surface area contributed by atoms with E-state index in [1.54, 1.807) is 4.90 Å². The fourth-order valence-corrected chi connectivity index (χ4v) is 2.01. The van der Waals surface area contributed by atoms with E-state index in [0.29, 0.717) is 39.1 Å². The van der Waals surface area contributed by atoms with Gasteiger partial charge in [-0.2, -0.15) is 0 Å². The summed E-state index contributed by atoms with van der Waals surface area (Å²) in [6.07, 6.45) is 1.22. The van der Waals surface area contributed by atoms with Crippen LogP contribution in [0.2, 0.25) is 0 Å². The molecule has 3 amide bonds. The van der Waals surface area contributed by atoms with Crippen molar-refractivity contribution in [2.45, 2.75) is 32.2 Å². The Morgan fingerprint density at radius 1 is 1.29 bits per heavy atom. The maximum atomic E-state index is 11.8. The van der Waals surface area contributed by atoms with E-state index in [0.717, 1.165) is 0 Å². The number of carbonyl (C=O) groups excluding carboxylic acids is 2. The normalized spacial score (nSPS) is 16.1. The Kier molecular flexibility index (Phi) is 7.52. The fraction of sp³-hybridized carbons (Fsp3) is 0.769. The Balaban J connectivity index is 2.22. The summed E-state index contributed by atoms with van der Waals surface area (Å²) in [5.74, 6) is -1.10. The highest BCUT2D eigenvalue weighted by molar-refractivity contribution is 5.83. The van der Waals surface area contributed by atoms with Crippen LogP contribution in [-0.2, 0) is 14.3 Å². The third-order valence-electron chi connectivity index (χ3n) is 3.17. The highest BCUT2D eigenvalue weighted by Crippen LogP contribution is 2.00.